The van der Waals surface area contributed by atoms with Crippen molar-refractivity contribution in [2.45, 2.75) is 13.3 Å². The minimum atomic E-state index is -0.310. The lowest BCUT2D eigenvalue weighted by molar-refractivity contribution is 0.140. The van der Waals surface area contributed by atoms with Crippen LogP contribution in [0, 0.1) is 6.92 Å². The molecule has 0 N–H and O–H groups in total. The standard InChI is InChI=1S/C10H11BrN2O2/c1-7-8(11)3-4-9(12-7)13-5-2-6-15-10(13)14/h3-4H,2,5-6H2,1H3. The van der Waals surface area contributed by atoms with E-state index in [0.29, 0.717) is 19.0 Å². The van der Waals surface area contributed by atoms with Gasteiger partial charge in [0.1, 0.15) is 5.82 Å². The van der Waals surface area contributed by atoms with E-state index in [1.807, 2.05) is 19.1 Å². The number of aromatic nitrogens is 1. The van der Waals surface area contributed by atoms with Crippen LogP contribution in [0.4, 0.5) is 10.6 Å². The van der Waals surface area contributed by atoms with E-state index in [4.69, 9.17) is 4.74 Å². The topological polar surface area (TPSA) is 42.4 Å². The lowest BCUT2D eigenvalue weighted by Gasteiger charge is -2.25. The number of carbonyl (C=O) groups excluding carboxylic acids is 1. The van der Waals surface area contributed by atoms with Gasteiger partial charge in [-0.3, -0.25) is 4.90 Å². The molecule has 0 saturated carbocycles. The van der Waals surface area contributed by atoms with Gasteiger partial charge in [-0.05, 0) is 41.4 Å². The summed E-state index contributed by atoms with van der Waals surface area (Å²) in [7, 11) is 0. The van der Waals surface area contributed by atoms with Crippen LogP contribution in [0.5, 0.6) is 0 Å². The molecule has 0 spiro atoms. The van der Waals surface area contributed by atoms with Crippen molar-refractivity contribution in [3.05, 3.63) is 22.3 Å². The first-order valence-electron chi connectivity index (χ1n) is 4.76. The van der Waals surface area contributed by atoms with Crippen LogP contribution in [0.3, 0.4) is 0 Å². The lowest BCUT2D eigenvalue weighted by atomic mass is 10.3. The molecule has 5 heteroatoms. The summed E-state index contributed by atoms with van der Waals surface area (Å²) >= 11 is 3.37. The fraction of sp³-hybridized carbons (Fsp3) is 0.400. The zero-order chi connectivity index (χ0) is 10.8. The van der Waals surface area contributed by atoms with E-state index < -0.39 is 0 Å². The van der Waals surface area contributed by atoms with Crippen molar-refractivity contribution < 1.29 is 9.53 Å². The maximum Gasteiger partial charge on any atom is 0.415 e. The molecule has 1 aromatic rings. The van der Waals surface area contributed by atoms with Gasteiger partial charge in [0.25, 0.3) is 0 Å². The molecule has 0 bridgehead atoms. The van der Waals surface area contributed by atoms with Gasteiger partial charge in [-0.25, -0.2) is 9.78 Å². The fourth-order valence-corrected chi connectivity index (χ4v) is 1.66. The molecule has 0 radical (unpaired) electrons. The van der Waals surface area contributed by atoms with Crippen molar-refractivity contribution in [2.75, 3.05) is 18.1 Å². The Morgan fingerprint density at radius 1 is 1.53 bits per heavy atom. The zero-order valence-corrected chi connectivity index (χ0v) is 9.95. The number of hydrogen-bond donors (Lipinski definition) is 0. The molecule has 15 heavy (non-hydrogen) atoms. The summed E-state index contributed by atoms with van der Waals surface area (Å²) in [5.74, 6) is 0.653. The second kappa shape index (κ2) is 4.18. The van der Waals surface area contributed by atoms with E-state index in [1.54, 1.807) is 4.90 Å². The molecule has 1 aliphatic heterocycles. The highest BCUT2D eigenvalue weighted by Gasteiger charge is 2.22. The van der Waals surface area contributed by atoms with Gasteiger partial charge in [-0.15, -0.1) is 0 Å². The Hall–Kier alpha value is -1.10. The number of carbonyl (C=O) groups is 1. The van der Waals surface area contributed by atoms with E-state index in [9.17, 15) is 4.79 Å². The van der Waals surface area contributed by atoms with Crippen molar-refractivity contribution in [1.29, 1.82) is 0 Å². The molecular formula is C10H11BrN2O2. The van der Waals surface area contributed by atoms with Crippen molar-refractivity contribution in [2.24, 2.45) is 0 Å². The van der Waals surface area contributed by atoms with Crippen LogP contribution in [-0.2, 0) is 4.74 Å². The van der Waals surface area contributed by atoms with Crippen molar-refractivity contribution in [3.8, 4) is 0 Å². The number of pyridine rings is 1. The summed E-state index contributed by atoms with van der Waals surface area (Å²) < 4.78 is 5.89. The Kier molecular flexibility index (Phi) is 2.90. The summed E-state index contributed by atoms with van der Waals surface area (Å²) in [6.45, 7) is 3.07. The van der Waals surface area contributed by atoms with Crippen molar-refractivity contribution >= 4 is 27.8 Å². The Bertz CT molecular complexity index is 395. The van der Waals surface area contributed by atoms with E-state index in [1.165, 1.54) is 0 Å². The molecule has 4 nitrogen and oxygen atoms in total. The van der Waals surface area contributed by atoms with Crippen LogP contribution in [0.25, 0.3) is 0 Å². The molecule has 2 heterocycles. The van der Waals surface area contributed by atoms with Crippen LogP contribution in [0.2, 0.25) is 0 Å². The highest BCUT2D eigenvalue weighted by molar-refractivity contribution is 9.10. The quantitative estimate of drug-likeness (QED) is 0.788. The Morgan fingerprint density at radius 3 is 3.00 bits per heavy atom. The predicted octanol–water partition coefficient (Wildman–Crippen LogP) is 2.50. The van der Waals surface area contributed by atoms with Crippen molar-refractivity contribution in [1.82, 2.24) is 4.98 Å². The molecule has 0 unspecified atom stereocenters. The summed E-state index contributed by atoms with van der Waals surface area (Å²) in [4.78, 5) is 17.3. The minimum absolute atomic E-state index is 0.310. The molecule has 0 aromatic carbocycles. The van der Waals surface area contributed by atoms with Gasteiger partial charge in [-0.2, -0.15) is 0 Å². The first-order valence-corrected chi connectivity index (χ1v) is 5.55. The third kappa shape index (κ3) is 2.12. The monoisotopic (exact) mass is 270 g/mol. The molecule has 1 aromatic heterocycles. The lowest BCUT2D eigenvalue weighted by Crippen LogP contribution is -2.38. The van der Waals surface area contributed by atoms with E-state index in [-0.39, 0.29) is 6.09 Å². The van der Waals surface area contributed by atoms with Gasteiger partial charge < -0.3 is 4.74 Å². The highest BCUT2D eigenvalue weighted by Crippen LogP contribution is 2.21. The minimum Gasteiger partial charge on any atom is -0.449 e. The third-order valence-corrected chi connectivity index (χ3v) is 3.09. The van der Waals surface area contributed by atoms with Gasteiger partial charge in [0.2, 0.25) is 0 Å². The van der Waals surface area contributed by atoms with E-state index in [2.05, 4.69) is 20.9 Å². The number of cyclic esters (lactones) is 1. The number of nitrogens with zero attached hydrogens (tertiary/aromatic N) is 2. The Balaban J connectivity index is 2.28. The first kappa shape index (κ1) is 10.4. The third-order valence-electron chi connectivity index (χ3n) is 2.26. The van der Waals surface area contributed by atoms with Crippen LogP contribution in [0.15, 0.2) is 16.6 Å². The first-order chi connectivity index (χ1) is 7.18. The van der Waals surface area contributed by atoms with E-state index in [0.717, 1.165) is 16.6 Å². The van der Waals surface area contributed by atoms with Gasteiger partial charge in [-0.1, -0.05) is 0 Å². The second-order valence-electron chi connectivity index (χ2n) is 3.36. The van der Waals surface area contributed by atoms with Gasteiger partial charge >= 0.3 is 6.09 Å². The molecule has 80 valence electrons. The maximum absolute atomic E-state index is 11.4. The number of aryl methyl sites for hydroxylation is 1. The summed E-state index contributed by atoms with van der Waals surface area (Å²) in [5.41, 5.74) is 0.867. The summed E-state index contributed by atoms with van der Waals surface area (Å²) in [5, 5.41) is 0. The Labute approximate surface area is 96.4 Å². The maximum atomic E-state index is 11.4. The van der Waals surface area contributed by atoms with Gasteiger partial charge in [0, 0.05) is 11.0 Å². The van der Waals surface area contributed by atoms with E-state index >= 15 is 0 Å². The average molecular weight is 271 g/mol. The van der Waals surface area contributed by atoms with Crippen molar-refractivity contribution in [3.63, 3.8) is 0 Å². The molecule has 1 aliphatic rings. The number of rotatable bonds is 1. The molecule has 1 saturated heterocycles. The van der Waals surface area contributed by atoms with Crippen LogP contribution in [-0.4, -0.2) is 24.2 Å². The van der Waals surface area contributed by atoms with Crippen LogP contribution in [0.1, 0.15) is 12.1 Å². The SMILES string of the molecule is Cc1nc(N2CCCOC2=O)ccc1Br. The summed E-state index contributed by atoms with van der Waals surface area (Å²) in [6.07, 6.45) is 0.540. The van der Waals surface area contributed by atoms with Crippen LogP contribution < -0.4 is 4.90 Å². The van der Waals surface area contributed by atoms with Gasteiger partial charge in [0.05, 0.1) is 12.3 Å². The fourth-order valence-electron chi connectivity index (χ4n) is 1.44. The van der Waals surface area contributed by atoms with Crippen LogP contribution >= 0.6 is 15.9 Å². The predicted molar refractivity (Wildman–Crippen MR) is 60.0 cm³/mol. The smallest absolute Gasteiger partial charge is 0.415 e. The number of ether oxygens (including phenoxy) is 1. The highest BCUT2D eigenvalue weighted by atomic mass is 79.9. The second-order valence-corrected chi connectivity index (χ2v) is 4.21. The molecule has 1 fully saturated rings. The normalized spacial score (nSPS) is 16.4. The molecule has 0 atom stereocenters. The summed E-state index contributed by atoms with van der Waals surface area (Å²) in [6, 6.07) is 3.70. The van der Waals surface area contributed by atoms with Gasteiger partial charge in [0.15, 0.2) is 0 Å². The number of halogens is 1. The number of hydrogen-bond acceptors (Lipinski definition) is 3. The molecular weight excluding hydrogens is 260 g/mol. The average Bonchev–Trinajstić information content (AvgIpc) is 2.23. The largest absolute Gasteiger partial charge is 0.449 e. The molecule has 0 aliphatic carbocycles. The number of amides is 1. The Morgan fingerprint density at radius 2 is 2.33 bits per heavy atom. The molecule has 1 amide bonds. The molecule has 2 rings (SSSR count). The zero-order valence-electron chi connectivity index (χ0n) is 8.36. The number of anilines is 1.